The summed E-state index contributed by atoms with van der Waals surface area (Å²) in [7, 11) is 0. The largest absolute Gasteiger partial charge is 0.255 e. The molecule has 11 rings (SSSR count). The Morgan fingerprint density at radius 2 is 0.949 bits per heavy atom. The SMILES string of the molecule is Fc1ccc2c(-c3ccc4c#cccc4c3)c3cc(-c4ccc(-c5cc(-c6ccccn6)nc(-c6ccccn6)c5)cc4)ccc3c(-c3ccc4ccccc4c3)c2c1. The molecule has 0 atom stereocenters. The molecule has 3 aromatic heterocycles. The van der Waals surface area contributed by atoms with Crippen LogP contribution in [0.4, 0.5) is 4.39 Å². The predicted octanol–water partition coefficient (Wildman–Crippen LogP) is 14.2. The number of nitrogens with zero attached hydrogens (tertiary/aromatic N) is 3. The predicted molar refractivity (Wildman–Crippen MR) is 240 cm³/mol. The van der Waals surface area contributed by atoms with Crippen LogP contribution in [0.15, 0.2) is 194 Å². The maximum Gasteiger partial charge on any atom is 0.123 e. The van der Waals surface area contributed by atoms with Gasteiger partial charge in [0.15, 0.2) is 0 Å². The van der Waals surface area contributed by atoms with Crippen molar-refractivity contribution in [2.75, 3.05) is 0 Å². The number of hydrogen-bond donors (Lipinski definition) is 0. The Morgan fingerprint density at radius 1 is 0.373 bits per heavy atom. The highest BCUT2D eigenvalue weighted by molar-refractivity contribution is 6.22. The first-order chi connectivity index (χ1) is 29.1. The van der Waals surface area contributed by atoms with Crippen molar-refractivity contribution in [1.29, 1.82) is 0 Å². The van der Waals surface area contributed by atoms with E-state index in [0.29, 0.717) is 0 Å². The van der Waals surface area contributed by atoms with Crippen LogP contribution >= 0.6 is 0 Å². The number of fused-ring (bicyclic) bond motifs is 4. The van der Waals surface area contributed by atoms with Gasteiger partial charge in [-0.05, 0) is 167 Å². The molecule has 0 radical (unpaired) electrons. The van der Waals surface area contributed by atoms with E-state index in [9.17, 15) is 0 Å². The lowest BCUT2D eigenvalue weighted by molar-refractivity contribution is 0.630. The molecule has 274 valence electrons. The molecule has 0 aliphatic rings. The van der Waals surface area contributed by atoms with Crippen LogP contribution in [0, 0.1) is 17.9 Å². The van der Waals surface area contributed by atoms with Crippen LogP contribution in [0.1, 0.15) is 0 Å². The van der Waals surface area contributed by atoms with Gasteiger partial charge < -0.3 is 0 Å². The van der Waals surface area contributed by atoms with E-state index in [-0.39, 0.29) is 5.82 Å². The molecular formula is C55H32FN3. The van der Waals surface area contributed by atoms with Crippen LogP contribution in [0.25, 0.3) is 110 Å². The maximum absolute atomic E-state index is 15.4. The lowest BCUT2D eigenvalue weighted by atomic mass is 9.84. The van der Waals surface area contributed by atoms with Gasteiger partial charge in [0.1, 0.15) is 5.82 Å². The third-order valence-electron chi connectivity index (χ3n) is 11.2. The first kappa shape index (κ1) is 34.3. The van der Waals surface area contributed by atoms with Crippen LogP contribution in [-0.2, 0) is 0 Å². The van der Waals surface area contributed by atoms with Gasteiger partial charge in [0, 0.05) is 17.8 Å². The number of aromatic nitrogens is 3. The second-order valence-corrected chi connectivity index (χ2v) is 14.8. The van der Waals surface area contributed by atoms with E-state index in [0.717, 1.165) is 110 Å². The minimum atomic E-state index is -0.265. The molecular weight excluding hydrogens is 722 g/mol. The summed E-state index contributed by atoms with van der Waals surface area (Å²) in [5.74, 6) is -0.265. The summed E-state index contributed by atoms with van der Waals surface area (Å²) in [5, 5.41) is 8.39. The highest BCUT2D eigenvalue weighted by atomic mass is 19.1. The van der Waals surface area contributed by atoms with E-state index in [2.05, 4.69) is 143 Å². The average Bonchev–Trinajstić information content (AvgIpc) is 3.30. The molecule has 3 nitrogen and oxygen atoms in total. The third-order valence-corrected chi connectivity index (χ3v) is 11.2. The number of hydrogen-bond acceptors (Lipinski definition) is 3. The van der Waals surface area contributed by atoms with Crippen molar-refractivity contribution >= 4 is 43.1 Å². The van der Waals surface area contributed by atoms with Crippen molar-refractivity contribution < 1.29 is 4.39 Å². The quantitative estimate of drug-likeness (QED) is 0.159. The van der Waals surface area contributed by atoms with Crippen LogP contribution < -0.4 is 0 Å². The molecule has 11 aromatic rings. The summed E-state index contributed by atoms with van der Waals surface area (Å²) in [6.07, 6.45) is 3.58. The third kappa shape index (κ3) is 6.23. The summed E-state index contributed by atoms with van der Waals surface area (Å²) in [5.41, 5.74) is 11.6. The molecule has 0 aliphatic carbocycles. The van der Waals surface area contributed by atoms with Gasteiger partial charge in [-0.1, -0.05) is 109 Å². The van der Waals surface area contributed by atoms with E-state index >= 15 is 4.39 Å². The zero-order valence-electron chi connectivity index (χ0n) is 31.7. The van der Waals surface area contributed by atoms with E-state index in [1.54, 1.807) is 24.5 Å². The summed E-state index contributed by atoms with van der Waals surface area (Å²) in [6, 6.07) is 68.2. The van der Waals surface area contributed by atoms with Crippen molar-refractivity contribution in [3.8, 4) is 67.3 Å². The Morgan fingerprint density at radius 3 is 1.64 bits per heavy atom. The van der Waals surface area contributed by atoms with Crippen LogP contribution in [0.5, 0.6) is 0 Å². The Kier molecular flexibility index (Phi) is 8.24. The Bertz CT molecular complexity index is 3320. The molecule has 0 amide bonds. The van der Waals surface area contributed by atoms with E-state index in [1.165, 1.54) is 0 Å². The van der Waals surface area contributed by atoms with Gasteiger partial charge in [-0.15, -0.1) is 0 Å². The zero-order valence-corrected chi connectivity index (χ0v) is 31.7. The molecule has 0 bridgehead atoms. The van der Waals surface area contributed by atoms with Crippen molar-refractivity contribution in [1.82, 2.24) is 15.0 Å². The highest BCUT2D eigenvalue weighted by Gasteiger charge is 2.19. The molecule has 0 aliphatic heterocycles. The van der Waals surface area contributed by atoms with Crippen molar-refractivity contribution in [3.63, 3.8) is 0 Å². The standard InChI is InChI=1S/C55H32FN3/c56-45-24-26-47-49(34-45)55(43-22-20-36-10-2-4-12-40(36)30-43)46-25-23-41(31-48(46)54(47)42-21-19-35-9-1-3-11-39(35)29-42)37-15-17-38(18-16-37)44-32-52(50-13-5-7-27-57-50)59-53(33-44)51-14-6-8-28-58-51/h2-8,10-34H. The Balaban J connectivity index is 1.10. The topological polar surface area (TPSA) is 38.7 Å². The summed E-state index contributed by atoms with van der Waals surface area (Å²) in [4.78, 5) is 14.2. The lowest BCUT2D eigenvalue weighted by Gasteiger charge is -2.19. The summed E-state index contributed by atoms with van der Waals surface area (Å²) < 4.78 is 15.4. The van der Waals surface area contributed by atoms with Crippen molar-refractivity contribution in [3.05, 3.63) is 212 Å². The second-order valence-electron chi connectivity index (χ2n) is 14.8. The van der Waals surface area contributed by atoms with E-state index < -0.39 is 0 Å². The van der Waals surface area contributed by atoms with Crippen molar-refractivity contribution in [2.24, 2.45) is 0 Å². The van der Waals surface area contributed by atoms with Crippen LogP contribution in [-0.4, -0.2) is 15.0 Å². The Labute approximate surface area is 340 Å². The van der Waals surface area contributed by atoms with Gasteiger partial charge in [-0.3, -0.25) is 9.97 Å². The molecule has 4 heteroatoms. The zero-order chi connectivity index (χ0) is 39.3. The fourth-order valence-corrected chi connectivity index (χ4v) is 8.41. The minimum absolute atomic E-state index is 0.265. The summed E-state index contributed by atoms with van der Waals surface area (Å²) in [6.45, 7) is 0. The average molecular weight is 754 g/mol. The molecule has 59 heavy (non-hydrogen) atoms. The normalized spacial score (nSPS) is 11.3. The van der Waals surface area contributed by atoms with Gasteiger partial charge in [-0.2, -0.15) is 0 Å². The van der Waals surface area contributed by atoms with Crippen molar-refractivity contribution in [2.45, 2.75) is 0 Å². The second kappa shape index (κ2) is 14.2. The van der Waals surface area contributed by atoms with E-state index in [4.69, 9.17) is 4.98 Å². The first-order valence-electron chi connectivity index (χ1n) is 19.6. The maximum atomic E-state index is 15.4. The first-order valence-corrected chi connectivity index (χ1v) is 19.6. The highest BCUT2D eigenvalue weighted by Crippen LogP contribution is 2.46. The van der Waals surface area contributed by atoms with Gasteiger partial charge in [0.2, 0.25) is 0 Å². The fourth-order valence-electron chi connectivity index (χ4n) is 8.41. The van der Waals surface area contributed by atoms with Gasteiger partial charge >= 0.3 is 0 Å². The Hall–Kier alpha value is -8.00. The fraction of sp³-hybridized carbons (Fsp3) is 0. The number of pyridine rings is 3. The molecule has 3 heterocycles. The van der Waals surface area contributed by atoms with Gasteiger partial charge in [0.05, 0.1) is 22.8 Å². The number of rotatable bonds is 6. The molecule has 0 saturated heterocycles. The molecule has 0 unspecified atom stereocenters. The minimum Gasteiger partial charge on any atom is -0.255 e. The monoisotopic (exact) mass is 753 g/mol. The molecule has 0 spiro atoms. The molecule has 0 saturated carbocycles. The van der Waals surface area contributed by atoms with Crippen LogP contribution in [0.2, 0.25) is 0 Å². The van der Waals surface area contributed by atoms with Gasteiger partial charge in [0.25, 0.3) is 0 Å². The molecule has 8 aromatic carbocycles. The smallest absolute Gasteiger partial charge is 0.123 e. The molecule has 0 fully saturated rings. The van der Waals surface area contributed by atoms with E-state index in [1.807, 2.05) is 48.5 Å². The summed E-state index contributed by atoms with van der Waals surface area (Å²) >= 11 is 0. The van der Waals surface area contributed by atoms with Crippen LogP contribution in [0.3, 0.4) is 0 Å². The van der Waals surface area contributed by atoms with Gasteiger partial charge in [-0.25, -0.2) is 9.37 Å². The lowest BCUT2D eigenvalue weighted by Crippen LogP contribution is -1.94. The number of benzene rings is 7. The molecule has 0 N–H and O–H groups in total. The number of halogens is 1.